The van der Waals surface area contributed by atoms with Gasteiger partial charge >= 0.3 is 5.97 Å². The van der Waals surface area contributed by atoms with Gasteiger partial charge in [0.2, 0.25) is 0 Å². The van der Waals surface area contributed by atoms with E-state index in [1.54, 1.807) is 12.5 Å². The minimum absolute atomic E-state index is 0.0246. The van der Waals surface area contributed by atoms with Gasteiger partial charge in [-0.2, -0.15) is 0 Å². The summed E-state index contributed by atoms with van der Waals surface area (Å²) in [5, 5.41) is -0.550. The van der Waals surface area contributed by atoms with Crippen LogP contribution in [0.15, 0.2) is 11.6 Å². The zero-order chi connectivity index (χ0) is 23.6. The van der Waals surface area contributed by atoms with Crippen molar-refractivity contribution in [3.63, 3.8) is 0 Å². The van der Waals surface area contributed by atoms with Gasteiger partial charge in [0, 0.05) is 6.42 Å². The van der Waals surface area contributed by atoms with Gasteiger partial charge in [-0.3, -0.25) is 4.79 Å². The van der Waals surface area contributed by atoms with E-state index in [4.69, 9.17) is 16.3 Å². The van der Waals surface area contributed by atoms with Gasteiger partial charge in [-0.25, -0.2) is 0 Å². The first kappa shape index (κ1) is 25.6. The molecular weight excluding hydrogens is 428 g/mol. The van der Waals surface area contributed by atoms with E-state index in [1.807, 2.05) is 0 Å². The minimum atomic E-state index is -0.550. The number of esters is 1. The average molecular weight is 477 g/mol. The fourth-order valence-corrected chi connectivity index (χ4v) is 8.79. The molecule has 0 saturated heterocycles. The molecule has 0 aliphatic heterocycles. The third kappa shape index (κ3) is 5.07. The van der Waals surface area contributed by atoms with Crippen LogP contribution in [0.1, 0.15) is 124 Å². The molecule has 4 rings (SSSR count). The van der Waals surface area contributed by atoms with Crippen LogP contribution in [0.25, 0.3) is 0 Å². The number of rotatable bonds is 9. The number of allylic oxidation sites excluding steroid dienone is 1. The highest BCUT2D eigenvalue weighted by molar-refractivity contribution is 6.29. The van der Waals surface area contributed by atoms with Crippen LogP contribution in [0.3, 0.4) is 0 Å². The maximum atomic E-state index is 12.0. The van der Waals surface area contributed by atoms with Crippen LogP contribution < -0.4 is 0 Å². The summed E-state index contributed by atoms with van der Waals surface area (Å²) in [6.07, 6.45) is 22.7. The lowest BCUT2D eigenvalue weighted by atomic mass is 9.47. The van der Waals surface area contributed by atoms with Gasteiger partial charge in [-0.15, -0.1) is 11.6 Å². The van der Waals surface area contributed by atoms with Crippen molar-refractivity contribution in [3.05, 3.63) is 11.6 Å². The lowest BCUT2D eigenvalue weighted by molar-refractivity contribution is -0.150. The Balaban J connectivity index is 1.38. The number of unbranched alkanes of at least 4 members (excludes halogenated alkanes) is 5. The van der Waals surface area contributed by atoms with Crippen molar-refractivity contribution in [2.75, 3.05) is 0 Å². The zero-order valence-corrected chi connectivity index (χ0v) is 22.6. The van der Waals surface area contributed by atoms with E-state index in [9.17, 15) is 4.79 Å². The van der Waals surface area contributed by atoms with Crippen LogP contribution in [0.4, 0.5) is 0 Å². The molecule has 0 N–H and O–H groups in total. The first-order chi connectivity index (χ1) is 15.8. The fourth-order valence-electron chi connectivity index (χ4n) is 8.74. The van der Waals surface area contributed by atoms with Crippen molar-refractivity contribution in [2.45, 2.75) is 135 Å². The molecule has 4 aliphatic rings. The van der Waals surface area contributed by atoms with Gasteiger partial charge in [0.25, 0.3) is 0 Å². The normalized spacial score (nSPS) is 40.9. The smallest absolute Gasteiger partial charge is 0.324 e. The maximum Gasteiger partial charge on any atom is 0.324 e. The average Bonchev–Trinajstić information content (AvgIpc) is 3.12. The van der Waals surface area contributed by atoms with Gasteiger partial charge in [-0.05, 0) is 92.8 Å². The molecule has 0 spiro atoms. The van der Waals surface area contributed by atoms with Gasteiger partial charge in [0.05, 0.1) is 0 Å². The monoisotopic (exact) mass is 476 g/mol. The van der Waals surface area contributed by atoms with Crippen molar-refractivity contribution in [2.24, 2.45) is 34.5 Å². The van der Waals surface area contributed by atoms with Crippen molar-refractivity contribution >= 4 is 17.6 Å². The highest BCUT2D eigenvalue weighted by Gasteiger charge is 2.58. The predicted octanol–water partition coefficient (Wildman–Crippen LogP) is 8.86. The largest absolute Gasteiger partial charge is 0.461 e. The molecule has 0 aromatic rings. The lowest BCUT2D eigenvalue weighted by Crippen LogP contribution is -2.50. The predicted molar refractivity (Wildman–Crippen MR) is 138 cm³/mol. The molecule has 0 amide bonds. The van der Waals surface area contributed by atoms with E-state index >= 15 is 0 Å². The van der Waals surface area contributed by atoms with E-state index in [2.05, 4.69) is 26.8 Å². The van der Waals surface area contributed by atoms with Crippen LogP contribution in [0, 0.1) is 34.5 Å². The van der Waals surface area contributed by atoms with E-state index in [0.29, 0.717) is 10.8 Å². The number of halogens is 1. The Morgan fingerprint density at radius 1 is 1.06 bits per heavy atom. The highest BCUT2D eigenvalue weighted by atomic mass is 35.5. The van der Waals surface area contributed by atoms with Gasteiger partial charge in [0.1, 0.15) is 11.5 Å². The standard InChI is InChI=1S/C30H49ClO2/c1-5-6-7-8-9-10-11-22-13-15-26-25-14-12-23-20-24(33-28(32)21(2)31)16-18-30(23,4)27(25)17-19-29(22,26)3/h12,21-22,24-27H,5-11,13-20H2,1-4H3/t21-,22-,24+,25-,26-,27-,29-,30+/m1/s1. The van der Waals surface area contributed by atoms with E-state index in [0.717, 1.165) is 36.5 Å². The van der Waals surface area contributed by atoms with Gasteiger partial charge in [-0.1, -0.05) is 70.9 Å². The summed E-state index contributed by atoms with van der Waals surface area (Å²) in [5.41, 5.74) is 2.48. The number of hydrogen-bond acceptors (Lipinski definition) is 2. The number of fused-ring (bicyclic) bond motifs is 5. The highest BCUT2D eigenvalue weighted by Crippen LogP contribution is 2.66. The van der Waals surface area contributed by atoms with Crippen LogP contribution in [-0.2, 0) is 9.53 Å². The van der Waals surface area contributed by atoms with E-state index in [-0.39, 0.29) is 12.1 Å². The Morgan fingerprint density at radius 2 is 1.82 bits per heavy atom. The summed E-state index contributed by atoms with van der Waals surface area (Å²) in [6.45, 7) is 9.24. The molecule has 3 fully saturated rings. The van der Waals surface area contributed by atoms with Crippen LogP contribution in [0.2, 0.25) is 0 Å². The summed E-state index contributed by atoms with van der Waals surface area (Å²) in [4.78, 5) is 12.0. The second kappa shape index (κ2) is 10.6. The molecule has 4 aliphatic carbocycles. The van der Waals surface area contributed by atoms with Gasteiger partial charge in [0.15, 0.2) is 0 Å². The third-order valence-electron chi connectivity index (χ3n) is 10.8. The van der Waals surface area contributed by atoms with Crippen molar-refractivity contribution in [1.29, 1.82) is 0 Å². The zero-order valence-electron chi connectivity index (χ0n) is 21.8. The number of ether oxygens (including phenoxy) is 1. The fraction of sp³-hybridized carbons (Fsp3) is 0.900. The van der Waals surface area contributed by atoms with E-state index in [1.165, 1.54) is 83.5 Å². The SMILES string of the molecule is CCCCCCCC[C@@H]1CC[C@@H]2[C@H]3CC=C4C[C@@H](OC(=O)[C@@H](C)Cl)CC[C@]4(C)[C@@H]3CC[C@]12C. The lowest BCUT2D eigenvalue weighted by Gasteiger charge is -2.58. The number of alkyl halides is 1. The topological polar surface area (TPSA) is 26.3 Å². The minimum Gasteiger partial charge on any atom is -0.461 e. The molecule has 0 unspecified atom stereocenters. The molecule has 0 aromatic heterocycles. The van der Waals surface area contributed by atoms with Crippen molar-refractivity contribution in [3.8, 4) is 0 Å². The first-order valence-corrected chi connectivity index (χ1v) is 14.8. The molecule has 0 radical (unpaired) electrons. The summed E-state index contributed by atoms with van der Waals surface area (Å²) < 4.78 is 5.74. The summed E-state index contributed by atoms with van der Waals surface area (Å²) in [7, 11) is 0. The molecule has 188 valence electrons. The van der Waals surface area contributed by atoms with Crippen molar-refractivity contribution in [1.82, 2.24) is 0 Å². The summed E-state index contributed by atoms with van der Waals surface area (Å²) >= 11 is 5.95. The summed E-state index contributed by atoms with van der Waals surface area (Å²) in [5.74, 6) is 3.32. The molecule has 8 atom stereocenters. The van der Waals surface area contributed by atoms with Crippen LogP contribution in [-0.4, -0.2) is 17.5 Å². The first-order valence-electron chi connectivity index (χ1n) is 14.3. The molecule has 0 heterocycles. The Bertz CT molecular complexity index is 714. The van der Waals surface area contributed by atoms with Gasteiger partial charge < -0.3 is 4.74 Å². The molecule has 3 saturated carbocycles. The quantitative estimate of drug-likeness (QED) is 0.144. The van der Waals surface area contributed by atoms with Crippen LogP contribution in [0.5, 0.6) is 0 Å². The maximum absolute atomic E-state index is 12.0. The second-order valence-electron chi connectivity index (χ2n) is 12.6. The Hall–Kier alpha value is -0.500. The molecule has 3 heteroatoms. The molecule has 2 nitrogen and oxygen atoms in total. The van der Waals surface area contributed by atoms with Crippen LogP contribution >= 0.6 is 11.6 Å². The third-order valence-corrected chi connectivity index (χ3v) is 10.9. The van der Waals surface area contributed by atoms with Crippen molar-refractivity contribution < 1.29 is 9.53 Å². The molecular formula is C30H49ClO2. The molecule has 33 heavy (non-hydrogen) atoms. The van der Waals surface area contributed by atoms with E-state index < -0.39 is 5.38 Å². The Labute approximate surface area is 208 Å². The molecule has 0 bridgehead atoms. The Morgan fingerprint density at radius 3 is 2.58 bits per heavy atom. The Kier molecular flexibility index (Phi) is 8.24. The number of hydrogen-bond donors (Lipinski definition) is 0. The number of carbonyl (C=O) groups excluding carboxylic acids is 1. The summed E-state index contributed by atoms with van der Waals surface area (Å²) in [6, 6.07) is 0. The second-order valence-corrected chi connectivity index (χ2v) is 13.2. The number of carbonyl (C=O) groups is 1. The molecule has 0 aromatic carbocycles.